The first kappa shape index (κ1) is 12.0. The molecule has 84 valence electrons. The maximum Gasteiger partial charge on any atom is 0.0700 e. The molecule has 1 aliphatic heterocycles. The Morgan fingerprint density at radius 3 is 2.93 bits per heavy atom. The molecule has 0 aromatic carbocycles. The number of morpholine rings is 1. The topological polar surface area (TPSA) is 21.7 Å². The molecule has 0 saturated carbocycles. The fraction of sp³-hybridized carbons (Fsp3) is 1.00. The van der Waals surface area contributed by atoms with Gasteiger partial charge in [0.2, 0.25) is 0 Å². The summed E-state index contributed by atoms with van der Waals surface area (Å²) in [5, 5.41) is 0. The van der Waals surface area contributed by atoms with Crippen molar-refractivity contribution in [1.82, 2.24) is 4.90 Å². The predicted molar refractivity (Wildman–Crippen MR) is 57.6 cm³/mol. The summed E-state index contributed by atoms with van der Waals surface area (Å²) < 4.78 is 11.1. The SMILES string of the molecule is CC[C@@H]1CN(CCOC(C)C)CCO1. The first-order valence-electron chi connectivity index (χ1n) is 5.68. The molecule has 1 atom stereocenters. The van der Waals surface area contributed by atoms with Crippen molar-refractivity contribution in [3.63, 3.8) is 0 Å². The van der Waals surface area contributed by atoms with Crippen molar-refractivity contribution in [3.05, 3.63) is 0 Å². The van der Waals surface area contributed by atoms with Gasteiger partial charge in [-0.15, -0.1) is 0 Å². The van der Waals surface area contributed by atoms with Gasteiger partial charge in [0.05, 0.1) is 25.4 Å². The molecular formula is C11H23NO2. The summed E-state index contributed by atoms with van der Waals surface area (Å²) in [6.45, 7) is 11.2. The van der Waals surface area contributed by atoms with E-state index in [1.165, 1.54) is 0 Å². The summed E-state index contributed by atoms with van der Waals surface area (Å²) in [4.78, 5) is 2.43. The average molecular weight is 201 g/mol. The lowest BCUT2D eigenvalue weighted by Crippen LogP contribution is -2.43. The third-order valence-electron chi connectivity index (χ3n) is 2.54. The molecule has 0 radical (unpaired) electrons. The van der Waals surface area contributed by atoms with Crippen molar-refractivity contribution in [2.45, 2.75) is 39.4 Å². The summed E-state index contributed by atoms with van der Waals surface area (Å²) in [7, 11) is 0. The van der Waals surface area contributed by atoms with E-state index in [1.807, 2.05) is 0 Å². The quantitative estimate of drug-likeness (QED) is 0.673. The van der Waals surface area contributed by atoms with Crippen molar-refractivity contribution in [1.29, 1.82) is 0 Å². The molecule has 1 rings (SSSR count). The van der Waals surface area contributed by atoms with Gasteiger partial charge in [-0.2, -0.15) is 0 Å². The van der Waals surface area contributed by atoms with Gasteiger partial charge in [0.1, 0.15) is 0 Å². The molecule has 1 aliphatic rings. The highest BCUT2D eigenvalue weighted by Crippen LogP contribution is 2.07. The molecule has 1 saturated heterocycles. The summed E-state index contributed by atoms with van der Waals surface area (Å²) in [6, 6.07) is 0. The van der Waals surface area contributed by atoms with Gasteiger partial charge >= 0.3 is 0 Å². The van der Waals surface area contributed by atoms with Gasteiger partial charge in [-0.25, -0.2) is 0 Å². The molecule has 3 heteroatoms. The van der Waals surface area contributed by atoms with Crippen LogP contribution in [0.5, 0.6) is 0 Å². The Morgan fingerprint density at radius 2 is 2.29 bits per heavy atom. The van der Waals surface area contributed by atoms with Crippen LogP contribution in [-0.4, -0.2) is 50.0 Å². The fourth-order valence-electron chi connectivity index (χ4n) is 1.65. The second-order valence-corrected chi connectivity index (χ2v) is 4.12. The van der Waals surface area contributed by atoms with Crippen LogP contribution >= 0.6 is 0 Å². The molecule has 0 aromatic heterocycles. The molecular weight excluding hydrogens is 178 g/mol. The smallest absolute Gasteiger partial charge is 0.0700 e. The monoisotopic (exact) mass is 201 g/mol. The summed E-state index contributed by atoms with van der Waals surface area (Å²) >= 11 is 0. The highest BCUT2D eigenvalue weighted by molar-refractivity contribution is 4.69. The lowest BCUT2D eigenvalue weighted by Gasteiger charge is -2.32. The van der Waals surface area contributed by atoms with Gasteiger partial charge in [-0.1, -0.05) is 6.92 Å². The van der Waals surface area contributed by atoms with Gasteiger partial charge in [0.25, 0.3) is 0 Å². The zero-order chi connectivity index (χ0) is 10.4. The van der Waals surface area contributed by atoms with Crippen molar-refractivity contribution >= 4 is 0 Å². The van der Waals surface area contributed by atoms with Crippen molar-refractivity contribution in [2.24, 2.45) is 0 Å². The summed E-state index contributed by atoms with van der Waals surface area (Å²) in [5.74, 6) is 0. The molecule has 0 unspecified atom stereocenters. The van der Waals surface area contributed by atoms with Crippen LogP contribution in [-0.2, 0) is 9.47 Å². The van der Waals surface area contributed by atoms with Crippen molar-refractivity contribution < 1.29 is 9.47 Å². The lowest BCUT2D eigenvalue weighted by atomic mass is 10.2. The normalized spacial score (nSPS) is 24.4. The Kier molecular flexibility index (Phi) is 5.45. The van der Waals surface area contributed by atoms with E-state index in [9.17, 15) is 0 Å². The third kappa shape index (κ3) is 4.40. The zero-order valence-corrected chi connectivity index (χ0v) is 9.66. The largest absolute Gasteiger partial charge is 0.377 e. The fourth-order valence-corrected chi connectivity index (χ4v) is 1.65. The Hall–Kier alpha value is -0.120. The minimum Gasteiger partial charge on any atom is -0.377 e. The molecule has 1 heterocycles. The highest BCUT2D eigenvalue weighted by atomic mass is 16.5. The zero-order valence-electron chi connectivity index (χ0n) is 9.66. The maximum atomic E-state index is 5.60. The van der Waals surface area contributed by atoms with Gasteiger partial charge < -0.3 is 9.47 Å². The van der Waals surface area contributed by atoms with Crippen LogP contribution in [0.25, 0.3) is 0 Å². The Bertz CT molecular complexity index is 150. The Balaban J connectivity index is 2.11. The van der Waals surface area contributed by atoms with Crippen LogP contribution in [0.15, 0.2) is 0 Å². The molecule has 0 aromatic rings. The Morgan fingerprint density at radius 1 is 1.50 bits per heavy atom. The Labute approximate surface area is 87.4 Å². The van der Waals surface area contributed by atoms with E-state index in [2.05, 4.69) is 25.7 Å². The first-order chi connectivity index (χ1) is 6.72. The standard InChI is InChI=1S/C11H23NO2/c1-4-11-9-12(6-8-14-11)5-7-13-10(2)3/h10-11H,4-9H2,1-3H3/t11-/m1/s1. The van der Waals surface area contributed by atoms with E-state index in [1.54, 1.807) is 0 Å². The van der Waals surface area contributed by atoms with Crippen LogP contribution < -0.4 is 0 Å². The van der Waals surface area contributed by atoms with Crippen LogP contribution in [0.4, 0.5) is 0 Å². The van der Waals surface area contributed by atoms with E-state index < -0.39 is 0 Å². The van der Waals surface area contributed by atoms with E-state index >= 15 is 0 Å². The van der Waals surface area contributed by atoms with Gasteiger partial charge in [-0.3, -0.25) is 4.90 Å². The minimum absolute atomic E-state index is 0.345. The molecule has 0 N–H and O–H groups in total. The van der Waals surface area contributed by atoms with E-state index in [-0.39, 0.29) is 0 Å². The number of ether oxygens (including phenoxy) is 2. The average Bonchev–Trinajstić information content (AvgIpc) is 2.18. The molecule has 3 nitrogen and oxygen atoms in total. The van der Waals surface area contributed by atoms with Gasteiger partial charge in [0, 0.05) is 19.6 Å². The molecule has 0 spiro atoms. The van der Waals surface area contributed by atoms with Gasteiger partial charge in [0.15, 0.2) is 0 Å². The molecule has 14 heavy (non-hydrogen) atoms. The molecule has 0 aliphatic carbocycles. The highest BCUT2D eigenvalue weighted by Gasteiger charge is 2.18. The lowest BCUT2D eigenvalue weighted by molar-refractivity contribution is -0.0406. The molecule has 0 amide bonds. The molecule has 0 bridgehead atoms. The van der Waals surface area contributed by atoms with E-state index in [4.69, 9.17) is 9.47 Å². The second kappa shape index (κ2) is 6.38. The predicted octanol–water partition coefficient (Wildman–Crippen LogP) is 1.52. The van der Waals surface area contributed by atoms with Crippen LogP contribution in [0.2, 0.25) is 0 Å². The van der Waals surface area contributed by atoms with Crippen molar-refractivity contribution in [3.8, 4) is 0 Å². The maximum absolute atomic E-state index is 5.60. The number of nitrogens with zero attached hydrogens (tertiary/aromatic N) is 1. The summed E-state index contributed by atoms with van der Waals surface area (Å²) in [5.41, 5.74) is 0. The van der Waals surface area contributed by atoms with Crippen LogP contribution in [0, 0.1) is 0 Å². The van der Waals surface area contributed by atoms with E-state index in [0.29, 0.717) is 12.2 Å². The number of rotatable bonds is 5. The second-order valence-electron chi connectivity index (χ2n) is 4.12. The minimum atomic E-state index is 0.345. The third-order valence-corrected chi connectivity index (χ3v) is 2.54. The van der Waals surface area contributed by atoms with Crippen LogP contribution in [0.3, 0.4) is 0 Å². The van der Waals surface area contributed by atoms with Crippen LogP contribution in [0.1, 0.15) is 27.2 Å². The van der Waals surface area contributed by atoms with E-state index in [0.717, 1.165) is 39.3 Å². The number of hydrogen-bond acceptors (Lipinski definition) is 3. The van der Waals surface area contributed by atoms with Crippen molar-refractivity contribution in [2.75, 3.05) is 32.8 Å². The molecule has 1 fully saturated rings. The van der Waals surface area contributed by atoms with Gasteiger partial charge in [-0.05, 0) is 20.3 Å². The first-order valence-corrected chi connectivity index (χ1v) is 5.68. The summed E-state index contributed by atoms with van der Waals surface area (Å²) in [6.07, 6.45) is 1.89. The number of hydrogen-bond donors (Lipinski definition) is 0.